The highest BCUT2D eigenvalue weighted by Crippen LogP contribution is 2.14. The molecule has 0 saturated carbocycles. The van der Waals surface area contributed by atoms with Gasteiger partial charge in [0.15, 0.2) is 5.96 Å². The molecule has 146 valence electrons. The van der Waals surface area contributed by atoms with Gasteiger partial charge in [-0.25, -0.2) is 4.99 Å². The molecule has 3 N–H and O–H groups in total. The van der Waals surface area contributed by atoms with E-state index in [1.807, 2.05) is 37.3 Å². The summed E-state index contributed by atoms with van der Waals surface area (Å²) in [4.78, 5) is 14.8. The molecule has 0 amide bonds. The largest absolute Gasteiger partial charge is 0.396 e. The van der Waals surface area contributed by atoms with E-state index in [0.717, 1.165) is 11.1 Å². The molecule has 0 aromatic heterocycles. The van der Waals surface area contributed by atoms with E-state index in [4.69, 9.17) is 0 Å². The average Bonchev–Trinajstić information content (AvgIpc) is 2.67. The van der Waals surface area contributed by atoms with Crippen molar-refractivity contribution in [3.8, 4) is 0 Å². The Bertz CT molecular complexity index is 723. The van der Waals surface area contributed by atoms with Crippen molar-refractivity contribution in [2.45, 2.75) is 19.4 Å². The van der Waals surface area contributed by atoms with E-state index < -0.39 is 4.92 Å². The number of nitrogens with zero attached hydrogens (tertiary/aromatic N) is 2. The maximum absolute atomic E-state index is 10.7. The Morgan fingerprint density at radius 1 is 1.15 bits per heavy atom. The Balaban J connectivity index is 0.00000364. The lowest BCUT2D eigenvalue weighted by molar-refractivity contribution is -0.384. The van der Waals surface area contributed by atoms with Crippen LogP contribution in [0.15, 0.2) is 59.6 Å². The average molecular weight is 484 g/mol. The first-order valence-corrected chi connectivity index (χ1v) is 8.55. The van der Waals surface area contributed by atoms with Crippen molar-refractivity contribution >= 4 is 35.6 Å². The van der Waals surface area contributed by atoms with Crippen molar-refractivity contribution in [2.75, 3.05) is 19.7 Å². The Labute approximate surface area is 176 Å². The zero-order valence-electron chi connectivity index (χ0n) is 15.2. The maximum Gasteiger partial charge on any atom is 0.269 e. The van der Waals surface area contributed by atoms with E-state index >= 15 is 0 Å². The highest BCUT2D eigenvalue weighted by Gasteiger charge is 2.11. The number of nitrogens with one attached hydrogen (secondary N) is 2. The fraction of sp³-hybridized carbons (Fsp3) is 0.316. The molecular weight excluding hydrogens is 459 g/mol. The van der Waals surface area contributed by atoms with Crippen LogP contribution in [0.4, 0.5) is 5.69 Å². The number of halogens is 1. The van der Waals surface area contributed by atoms with Gasteiger partial charge < -0.3 is 15.7 Å². The molecule has 2 aromatic rings. The molecule has 0 fully saturated rings. The SMILES string of the molecule is CCNC(=NCc1ccc([N+](=O)[O-])cc1)NCC(CO)c1ccccc1.I. The molecule has 7 nitrogen and oxygen atoms in total. The van der Waals surface area contributed by atoms with E-state index in [9.17, 15) is 15.2 Å². The van der Waals surface area contributed by atoms with Crippen molar-refractivity contribution in [3.05, 3.63) is 75.8 Å². The summed E-state index contributed by atoms with van der Waals surface area (Å²) in [6, 6.07) is 16.2. The number of aliphatic hydroxyl groups is 1. The van der Waals surface area contributed by atoms with Crippen LogP contribution in [0.5, 0.6) is 0 Å². The van der Waals surface area contributed by atoms with Gasteiger partial charge in [0.1, 0.15) is 0 Å². The van der Waals surface area contributed by atoms with E-state index in [-0.39, 0.29) is 42.2 Å². The van der Waals surface area contributed by atoms with Gasteiger partial charge in [0, 0.05) is 31.1 Å². The molecule has 0 heterocycles. The number of benzene rings is 2. The summed E-state index contributed by atoms with van der Waals surface area (Å²) >= 11 is 0. The third kappa shape index (κ3) is 7.51. The van der Waals surface area contributed by atoms with Crippen molar-refractivity contribution in [1.82, 2.24) is 10.6 Å². The smallest absolute Gasteiger partial charge is 0.269 e. The Hall–Kier alpha value is -2.20. The second-order valence-corrected chi connectivity index (χ2v) is 5.79. The lowest BCUT2D eigenvalue weighted by atomic mass is 10.0. The summed E-state index contributed by atoms with van der Waals surface area (Å²) in [7, 11) is 0. The van der Waals surface area contributed by atoms with Crippen LogP contribution in [0.3, 0.4) is 0 Å². The first-order valence-electron chi connectivity index (χ1n) is 8.55. The minimum absolute atomic E-state index is 0. The zero-order valence-corrected chi connectivity index (χ0v) is 17.5. The van der Waals surface area contributed by atoms with Crippen LogP contribution >= 0.6 is 24.0 Å². The molecule has 0 spiro atoms. The number of guanidine groups is 1. The molecular formula is C19H25IN4O3. The Morgan fingerprint density at radius 3 is 2.37 bits per heavy atom. The van der Waals surface area contributed by atoms with Crippen LogP contribution in [0.25, 0.3) is 0 Å². The predicted molar refractivity (Wildman–Crippen MR) is 118 cm³/mol. The Kier molecular flexibility index (Phi) is 10.3. The number of nitro benzene ring substituents is 1. The lowest BCUT2D eigenvalue weighted by Crippen LogP contribution is -2.39. The van der Waals surface area contributed by atoms with E-state index in [1.165, 1.54) is 12.1 Å². The number of nitro groups is 1. The molecule has 0 radical (unpaired) electrons. The standard InChI is InChI=1S/C19H24N4O3.HI/c1-2-20-19(21-12-15-8-10-18(11-9-15)23(25)26)22-13-17(14-24)16-6-4-3-5-7-16;/h3-11,17,24H,2,12-14H2,1H3,(H2,20,21,22);1H. The molecule has 27 heavy (non-hydrogen) atoms. The van der Waals surface area contributed by atoms with Gasteiger partial charge in [0.25, 0.3) is 5.69 Å². The van der Waals surface area contributed by atoms with Crippen LogP contribution in [0.1, 0.15) is 24.0 Å². The van der Waals surface area contributed by atoms with Crippen molar-refractivity contribution in [3.63, 3.8) is 0 Å². The van der Waals surface area contributed by atoms with Crippen LogP contribution in [0.2, 0.25) is 0 Å². The highest BCUT2D eigenvalue weighted by molar-refractivity contribution is 14.0. The topological polar surface area (TPSA) is 99.8 Å². The molecule has 2 aromatic carbocycles. The van der Waals surface area contributed by atoms with Crippen LogP contribution in [-0.2, 0) is 6.54 Å². The Morgan fingerprint density at radius 2 is 1.81 bits per heavy atom. The number of hydrogen-bond donors (Lipinski definition) is 3. The molecule has 2 rings (SSSR count). The third-order valence-corrected chi connectivity index (χ3v) is 3.92. The summed E-state index contributed by atoms with van der Waals surface area (Å²) in [5.74, 6) is 0.611. The molecule has 1 atom stereocenters. The van der Waals surface area contributed by atoms with E-state index in [1.54, 1.807) is 12.1 Å². The van der Waals surface area contributed by atoms with Gasteiger partial charge in [-0.3, -0.25) is 10.1 Å². The molecule has 0 aliphatic rings. The zero-order chi connectivity index (χ0) is 18.8. The maximum atomic E-state index is 10.7. The minimum atomic E-state index is -0.419. The number of rotatable bonds is 8. The van der Waals surface area contributed by atoms with Gasteiger partial charge in [-0.1, -0.05) is 42.5 Å². The van der Waals surface area contributed by atoms with Crippen LogP contribution < -0.4 is 10.6 Å². The second kappa shape index (κ2) is 12.2. The summed E-state index contributed by atoms with van der Waals surface area (Å²) in [6.45, 7) is 3.68. The van der Waals surface area contributed by atoms with Gasteiger partial charge >= 0.3 is 0 Å². The highest BCUT2D eigenvalue weighted by atomic mass is 127. The van der Waals surface area contributed by atoms with Crippen LogP contribution in [-0.4, -0.2) is 35.7 Å². The normalized spacial score (nSPS) is 12.0. The quantitative estimate of drug-likeness (QED) is 0.176. The third-order valence-electron chi connectivity index (χ3n) is 3.92. The molecule has 0 aliphatic carbocycles. The summed E-state index contributed by atoms with van der Waals surface area (Å²) in [5.41, 5.74) is 2.01. The molecule has 8 heteroatoms. The number of aliphatic hydroxyl groups excluding tert-OH is 1. The molecule has 1 unspecified atom stereocenters. The van der Waals surface area contributed by atoms with Gasteiger partial charge in [-0.15, -0.1) is 24.0 Å². The fourth-order valence-corrected chi connectivity index (χ4v) is 2.47. The number of hydrogen-bond acceptors (Lipinski definition) is 4. The van der Waals surface area contributed by atoms with Crippen molar-refractivity contribution in [1.29, 1.82) is 0 Å². The van der Waals surface area contributed by atoms with Crippen LogP contribution in [0, 0.1) is 10.1 Å². The van der Waals surface area contributed by atoms with E-state index in [0.29, 0.717) is 25.6 Å². The lowest BCUT2D eigenvalue weighted by Gasteiger charge is -2.18. The predicted octanol–water partition coefficient (Wildman–Crippen LogP) is 3.04. The molecule has 0 bridgehead atoms. The first-order chi connectivity index (χ1) is 12.6. The molecule has 0 saturated heterocycles. The fourth-order valence-electron chi connectivity index (χ4n) is 2.47. The second-order valence-electron chi connectivity index (χ2n) is 5.79. The summed E-state index contributed by atoms with van der Waals surface area (Å²) in [6.07, 6.45) is 0. The summed E-state index contributed by atoms with van der Waals surface area (Å²) in [5, 5.41) is 26.7. The van der Waals surface area contributed by atoms with E-state index in [2.05, 4.69) is 15.6 Å². The van der Waals surface area contributed by atoms with Crippen molar-refractivity contribution < 1.29 is 10.0 Å². The first kappa shape index (κ1) is 22.8. The number of non-ortho nitro benzene ring substituents is 1. The monoisotopic (exact) mass is 484 g/mol. The van der Waals surface area contributed by atoms with Gasteiger partial charge in [0.2, 0.25) is 0 Å². The number of aliphatic imine (C=N–C) groups is 1. The summed E-state index contributed by atoms with van der Waals surface area (Å²) < 4.78 is 0. The van der Waals surface area contributed by atoms with Gasteiger partial charge in [0.05, 0.1) is 18.1 Å². The van der Waals surface area contributed by atoms with Crippen molar-refractivity contribution in [2.24, 2.45) is 4.99 Å². The van der Waals surface area contributed by atoms with Gasteiger partial charge in [-0.05, 0) is 18.1 Å². The molecule has 0 aliphatic heterocycles. The van der Waals surface area contributed by atoms with Gasteiger partial charge in [-0.2, -0.15) is 0 Å². The minimum Gasteiger partial charge on any atom is -0.396 e.